The summed E-state index contributed by atoms with van der Waals surface area (Å²) in [6.45, 7) is 2.51. The third-order valence-corrected chi connectivity index (χ3v) is 3.67. The van der Waals surface area contributed by atoms with Crippen LogP contribution in [0.4, 0.5) is 0 Å². The Bertz CT molecular complexity index is 412. The van der Waals surface area contributed by atoms with Crippen LogP contribution in [0, 0.1) is 0 Å². The summed E-state index contributed by atoms with van der Waals surface area (Å²) in [6.07, 6.45) is 2.78. The molecule has 1 atom stereocenters. The highest BCUT2D eigenvalue weighted by atomic mass is 35.5. The molecule has 100 valence electrons. The van der Waals surface area contributed by atoms with E-state index in [0.29, 0.717) is 17.2 Å². The average molecular weight is 288 g/mol. The first kappa shape index (κ1) is 15.3. The number of benzene rings is 1. The zero-order valence-corrected chi connectivity index (χ0v) is 12.4. The van der Waals surface area contributed by atoms with Crippen molar-refractivity contribution in [3.63, 3.8) is 0 Å². The molecule has 1 rings (SSSR count). The lowest BCUT2D eigenvalue weighted by molar-refractivity contribution is 0.0894. The lowest BCUT2D eigenvalue weighted by Gasteiger charge is -2.16. The largest absolute Gasteiger partial charge is 0.383 e. The Balaban J connectivity index is 2.82. The van der Waals surface area contributed by atoms with Crippen molar-refractivity contribution in [3.8, 4) is 0 Å². The zero-order valence-electron chi connectivity index (χ0n) is 10.8. The summed E-state index contributed by atoms with van der Waals surface area (Å²) < 4.78 is 5.05. The summed E-state index contributed by atoms with van der Waals surface area (Å²) in [5, 5.41) is 3.39. The summed E-state index contributed by atoms with van der Waals surface area (Å²) in [5.74, 6) is -0.153. The lowest BCUT2D eigenvalue weighted by atomic mass is 10.1. The van der Waals surface area contributed by atoms with Crippen molar-refractivity contribution in [3.05, 3.63) is 28.8 Å². The highest BCUT2D eigenvalue weighted by Crippen LogP contribution is 2.23. The van der Waals surface area contributed by atoms with Crippen LogP contribution >= 0.6 is 23.4 Å². The van der Waals surface area contributed by atoms with Gasteiger partial charge in [0.1, 0.15) is 0 Å². The molecule has 0 fully saturated rings. The number of nitrogens with one attached hydrogen (secondary N) is 1. The second kappa shape index (κ2) is 7.67. The van der Waals surface area contributed by atoms with Crippen LogP contribution in [0.5, 0.6) is 0 Å². The molecule has 0 heterocycles. The van der Waals surface area contributed by atoms with Gasteiger partial charge in [-0.05, 0) is 30.9 Å². The van der Waals surface area contributed by atoms with Crippen LogP contribution in [-0.2, 0) is 4.74 Å². The van der Waals surface area contributed by atoms with Gasteiger partial charge < -0.3 is 10.1 Å². The number of methoxy groups -OCH3 is 1. The third-order valence-electron chi connectivity index (χ3n) is 2.61. The summed E-state index contributed by atoms with van der Waals surface area (Å²) in [7, 11) is 1.62. The minimum atomic E-state index is -0.153. The van der Waals surface area contributed by atoms with Gasteiger partial charge in [0.2, 0.25) is 0 Å². The number of hydrogen-bond donors (Lipinski definition) is 1. The smallest absolute Gasteiger partial charge is 0.253 e. The van der Waals surface area contributed by atoms with Crippen LogP contribution in [0.2, 0.25) is 5.02 Å². The highest BCUT2D eigenvalue weighted by molar-refractivity contribution is 7.98. The molecule has 0 radical (unpaired) electrons. The Morgan fingerprint density at radius 3 is 2.83 bits per heavy atom. The lowest BCUT2D eigenvalue weighted by Crippen LogP contribution is -2.37. The average Bonchev–Trinajstić information content (AvgIpc) is 2.38. The fraction of sp³-hybridized carbons (Fsp3) is 0.462. The molecular formula is C13H18ClNO2S. The maximum Gasteiger partial charge on any atom is 0.253 e. The number of amides is 1. The van der Waals surface area contributed by atoms with Gasteiger partial charge in [0.25, 0.3) is 5.91 Å². The molecule has 0 spiro atoms. The number of rotatable bonds is 6. The van der Waals surface area contributed by atoms with Gasteiger partial charge in [0.05, 0.1) is 23.2 Å². The first-order chi connectivity index (χ1) is 8.62. The molecule has 0 bridgehead atoms. The number of halogens is 1. The van der Waals surface area contributed by atoms with Crippen LogP contribution in [0.25, 0.3) is 0 Å². The van der Waals surface area contributed by atoms with Gasteiger partial charge in [-0.15, -0.1) is 11.8 Å². The molecule has 0 aliphatic rings. The zero-order chi connectivity index (χ0) is 13.5. The Morgan fingerprint density at radius 1 is 1.56 bits per heavy atom. The summed E-state index contributed by atoms with van der Waals surface area (Å²) >= 11 is 7.63. The molecular weight excluding hydrogens is 270 g/mol. The first-order valence-electron chi connectivity index (χ1n) is 5.75. The molecule has 1 N–H and O–H groups in total. The van der Waals surface area contributed by atoms with Crippen molar-refractivity contribution in [2.75, 3.05) is 20.0 Å². The molecule has 0 aliphatic carbocycles. The van der Waals surface area contributed by atoms with Crippen LogP contribution in [-0.4, -0.2) is 31.9 Å². The standard InChI is InChI=1S/C13H18ClNO2S/c1-4-9(8-17-2)15-13(16)11-7-10(18-3)5-6-12(11)14/h5-7,9H,4,8H2,1-3H3,(H,15,16). The predicted molar refractivity (Wildman–Crippen MR) is 76.7 cm³/mol. The second-order valence-electron chi connectivity index (χ2n) is 3.88. The molecule has 18 heavy (non-hydrogen) atoms. The number of thioether (sulfide) groups is 1. The monoisotopic (exact) mass is 287 g/mol. The van der Waals surface area contributed by atoms with Crippen molar-refractivity contribution in [1.82, 2.24) is 5.32 Å². The van der Waals surface area contributed by atoms with Crippen LogP contribution in [0.15, 0.2) is 23.1 Å². The van der Waals surface area contributed by atoms with E-state index < -0.39 is 0 Å². The van der Waals surface area contributed by atoms with Crippen LogP contribution < -0.4 is 5.32 Å². The van der Waals surface area contributed by atoms with Crippen molar-refractivity contribution < 1.29 is 9.53 Å². The maximum absolute atomic E-state index is 12.1. The van der Waals surface area contributed by atoms with E-state index in [9.17, 15) is 4.79 Å². The normalized spacial score (nSPS) is 12.2. The van der Waals surface area contributed by atoms with E-state index in [1.165, 1.54) is 0 Å². The topological polar surface area (TPSA) is 38.3 Å². The molecule has 1 aromatic rings. The number of ether oxygens (including phenoxy) is 1. The summed E-state index contributed by atoms with van der Waals surface area (Å²) in [4.78, 5) is 13.1. The van der Waals surface area contributed by atoms with E-state index in [2.05, 4.69) is 5.32 Å². The maximum atomic E-state index is 12.1. The highest BCUT2D eigenvalue weighted by Gasteiger charge is 2.15. The number of hydrogen-bond acceptors (Lipinski definition) is 3. The Labute approximate surface area is 117 Å². The van der Waals surface area contributed by atoms with Crippen LogP contribution in [0.3, 0.4) is 0 Å². The fourth-order valence-corrected chi connectivity index (χ4v) is 2.17. The molecule has 1 aromatic carbocycles. The minimum absolute atomic E-state index is 0.0107. The Kier molecular flexibility index (Phi) is 6.54. The van der Waals surface area contributed by atoms with E-state index in [1.807, 2.05) is 25.3 Å². The Morgan fingerprint density at radius 2 is 2.28 bits per heavy atom. The molecule has 0 saturated heterocycles. The molecule has 5 heteroatoms. The van der Waals surface area contributed by atoms with Gasteiger partial charge in [0.15, 0.2) is 0 Å². The summed E-state index contributed by atoms with van der Waals surface area (Å²) in [6, 6.07) is 5.47. The van der Waals surface area contributed by atoms with E-state index in [1.54, 1.807) is 24.9 Å². The second-order valence-corrected chi connectivity index (χ2v) is 5.17. The number of carbonyl (C=O) groups is 1. The van der Waals surface area contributed by atoms with E-state index in [-0.39, 0.29) is 11.9 Å². The van der Waals surface area contributed by atoms with Gasteiger partial charge in [-0.1, -0.05) is 18.5 Å². The fourth-order valence-electron chi connectivity index (χ4n) is 1.53. The molecule has 3 nitrogen and oxygen atoms in total. The predicted octanol–water partition coefficient (Wildman–Crippen LogP) is 3.22. The molecule has 1 amide bonds. The van der Waals surface area contributed by atoms with E-state index in [4.69, 9.17) is 16.3 Å². The van der Waals surface area contributed by atoms with Crippen molar-refractivity contribution in [1.29, 1.82) is 0 Å². The van der Waals surface area contributed by atoms with Gasteiger partial charge in [0, 0.05) is 12.0 Å². The summed E-state index contributed by atoms with van der Waals surface area (Å²) in [5.41, 5.74) is 0.512. The first-order valence-corrected chi connectivity index (χ1v) is 7.36. The van der Waals surface area contributed by atoms with Crippen LogP contribution in [0.1, 0.15) is 23.7 Å². The van der Waals surface area contributed by atoms with Gasteiger partial charge in [-0.3, -0.25) is 4.79 Å². The number of carbonyl (C=O) groups excluding carboxylic acids is 1. The van der Waals surface area contributed by atoms with Gasteiger partial charge >= 0.3 is 0 Å². The minimum Gasteiger partial charge on any atom is -0.383 e. The molecule has 0 aliphatic heterocycles. The third kappa shape index (κ3) is 4.19. The van der Waals surface area contributed by atoms with Crippen molar-refractivity contribution in [2.24, 2.45) is 0 Å². The molecule has 1 unspecified atom stereocenters. The van der Waals surface area contributed by atoms with Gasteiger partial charge in [-0.2, -0.15) is 0 Å². The molecule has 0 saturated carbocycles. The van der Waals surface area contributed by atoms with Gasteiger partial charge in [-0.25, -0.2) is 0 Å². The quantitative estimate of drug-likeness (QED) is 0.817. The van der Waals surface area contributed by atoms with Crippen molar-refractivity contribution in [2.45, 2.75) is 24.3 Å². The van der Waals surface area contributed by atoms with E-state index in [0.717, 1.165) is 11.3 Å². The molecule has 0 aromatic heterocycles. The SMILES string of the molecule is CCC(COC)NC(=O)c1cc(SC)ccc1Cl. The van der Waals surface area contributed by atoms with Crippen molar-refractivity contribution >= 4 is 29.3 Å². The van der Waals surface area contributed by atoms with E-state index >= 15 is 0 Å². The Hall–Kier alpha value is -0.710.